The Labute approximate surface area is 119 Å². The van der Waals surface area contributed by atoms with Gasteiger partial charge in [-0.15, -0.1) is 0 Å². The number of esters is 1. The zero-order valence-electron chi connectivity index (χ0n) is 12.0. The molecule has 0 aromatic carbocycles. The van der Waals surface area contributed by atoms with Crippen LogP contribution in [0.15, 0.2) is 24.4 Å². The first-order chi connectivity index (χ1) is 9.78. The number of ether oxygens (including phenoxy) is 2. The lowest BCUT2D eigenvalue weighted by Crippen LogP contribution is -2.36. The zero-order chi connectivity index (χ0) is 14.2. The van der Waals surface area contributed by atoms with Crippen molar-refractivity contribution in [2.24, 2.45) is 0 Å². The van der Waals surface area contributed by atoms with Gasteiger partial charge in [-0.3, -0.25) is 14.7 Å². The summed E-state index contributed by atoms with van der Waals surface area (Å²) in [5, 5.41) is 0. The minimum absolute atomic E-state index is 0.193. The number of pyridine rings is 1. The number of aromatic nitrogens is 1. The second-order valence-corrected chi connectivity index (χ2v) is 4.93. The maximum atomic E-state index is 11.7. The van der Waals surface area contributed by atoms with Crippen LogP contribution in [0, 0.1) is 0 Å². The van der Waals surface area contributed by atoms with E-state index in [1.165, 1.54) is 0 Å². The van der Waals surface area contributed by atoms with Gasteiger partial charge in [0.25, 0.3) is 0 Å². The largest absolute Gasteiger partial charge is 0.465 e. The van der Waals surface area contributed by atoms with E-state index in [2.05, 4.69) is 9.88 Å². The number of nitrogens with zero attached hydrogens (tertiary/aromatic N) is 2. The second-order valence-electron chi connectivity index (χ2n) is 4.93. The first-order valence-corrected chi connectivity index (χ1v) is 7.17. The highest BCUT2D eigenvalue weighted by molar-refractivity contribution is 5.71. The Bertz CT molecular complexity index is 405. The van der Waals surface area contributed by atoms with Crippen molar-refractivity contribution in [1.29, 1.82) is 0 Å². The van der Waals surface area contributed by atoms with Gasteiger partial charge in [0.15, 0.2) is 0 Å². The van der Waals surface area contributed by atoms with E-state index in [9.17, 15) is 4.79 Å². The third-order valence-electron chi connectivity index (χ3n) is 3.26. The lowest BCUT2D eigenvalue weighted by molar-refractivity contribution is -0.144. The van der Waals surface area contributed by atoms with Crippen molar-refractivity contribution in [3.05, 3.63) is 30.1 Å². The van der Waals surface area contributed by atoms with E-state index in [-0.39, 0.29) is 18.6 Å². The molecule has 0 radical (unpaired) electrons. The fourth-order valence-corrected chi connectivity index (χ4v) is 2.37. The SMILES string of the molecule is CCOC(=O)CN(Cc1ccccn1)CC1CCCO1. The number of hydrogen-bond acceptors (Lipinski definition) is 5. The normalized spacial score (nSPS) is 18.4. The van der Waals surface area contributed by atoms with E-state index in [0.717, 1.165) is 31.7 Å². The first kappa shape index (κ1) is 14.9. The Morgan fingerprint density at radius 1 is 1.55 bits per heavy atom. The molecule has 0 aliphatic carbocycles. The van der Waals surface area contributed by atoms with Crippen LogP contribution in [0.4, 0.5) is 0 Å². The molecule has 1 atom stereocenters. The number of rotatable bonds is 7. The molecule has 1 saturated heterocycles. The van der Waals surface area contributed by atoms with Crippen molar-refractivity contribution in [3.8, 4) is 0 Å². The van der Waals surface area contributed by atoms with Crippen LogP contribution in [-0.4, -0.2) is 48.3 Å². The summed E-state index contributed by atoms with van der Waals surface area (Å²) >= 11 is 0. The molecule has 1 aromatic rings. The molecule has 0 bridgehead atoms. The minimum atomic E-state index is -0.193. The van der Waals surface area contributed by atoms with Crippen molar-refractivity contribution in [2.45, 2.75) is 32.4 Å². The van der Waals surface area contributed by atoms with Gasteiger partial charge in [-0.2, -0.15) is 0 Å². The Morgan fingerprint density at radius 2 is 2.45 bits per heavy atom. The summed E-state index contributed by atoms with van der Waals surface area (Å²) in [6.07, 6.45) is 4.14. The minimum Gasteiger partial charge on any atom is -0.465 e. The molecule has 1 aliphatic heterocycles. The van der Waals surface area contributed by atoms with Crippen molar-refractivity contribution >= 4 is 5.97 Å². The molecule has 1 aromatic heterocycles. The van der Waals surface area contributed by atoms with Crippen LogP contribution in [0.5, 0.6) is 0 Å². The molecular weight excluding hydrogens is 256 g/mol. The molecule has 0 amide bonds. The summed E-state index contributed by atoms with van der Waals surface area (Å²) < 4.78 is 10.7. The first-order valence-electron chi connectivity index (χ1n) is 7.17. The average Bonchev–Trinajstić information content (AvgIpc) is 2.93. The van der Waals surface area contributed by atoms with Gasteiger partial charge in [-0.05, 0) is 31.9 Å². The monoisotopic (exact) mass is 278 g/mol. The van der Waals surface area contributed by atoms with Gasteiger partial charge >= 0.3 is 5.97 Å². The molecule has 2 heterocycles. The molecular formula is C15H22N2O3. The van der Waals surface area contributed by atoms with Crippen LogP contribution in [-0.2, 0) is 20.8 Å². The van der Waals surface area contributed by atoms with Crippen LogP contribution < -0.4 is 0 Å². The van der Waals surface area contributed by atoms with Crippen molar-refractivity contribution in [1.82, 2.24) is 9.88 Å². The predicted molar refractivity (Wildman–Crippen MR) is 75.1 cm³/mol. The van der Waals surface area contributed by atoms with Gasteiger partial charge in [0.1, 0.15) is 0 Å². The zero-order valence-corrected chi connectivity index (χ0v) is 12.0. The van der Waals surface area contributed by atoms with E-state index in [1.807, 2.05) is 25.1 Å². The average molecular weight is 278 g/mol. The summed E-state index contributed by atoms with van der Waals surface area (Å²) in [4.78, 5) is 18.1. The number of carbonyl (C=O) groups excluding carboxylic acids is 1. The van der Waals surface area contributed by atoms with Gasteiger partial charge in [-0.25, -0.2) is 0 Å². The Morgan fingerprint density at radius 3 is 3.10 bits per heavy atom. The molecule has 20 heavy (non-hydrogen) atoms. The highest BCUT2D eigenvalue weighted by Gasteiger charge is 2.21. The molecule has 5 nitrogen and oxygen atoms in total. The lowest BCUT2D eigenvalue weighted by Gasteiger charge is -2.23. The molecule has 0 saturated carbocycles. The summed E-state index contributed by atoms with van der Waals surface area (Å²) in [5.41, 5.74) is 0.954. The smallest absolute Gasteiger partial charge is 0.320 e. The number of hydrogen-bond donors (Lipinski definition) is 0. The molecule has 5 heteroatoms. The number of carbonyl (C=O) groups is 1. The van der Waals surface area contributed by atoms with Gasteiger partial charge < -0.3 is 9.47 Å². The van der Waals surface area contributed by atoms with Gasteiger partial charge in [0, 0.05) is 25.9 Å². The van der Waals surface area contributed by atoms with Crippen LogP contribution in [0.3, 0.4) is 0 Å². The van der Waals surface area contributed by atoms with Gasteiger partial charge in [0.05, 0.1) is 24.9 Å². The van der Waals surface area contributed by atoms with Crippen LogP contribution >= 0.6 is 0 Å². The highest BCUT2D eigenvalue weighted by atomic mass is 16.5. The standard InChI is InChI=1S/C15H22N2O3/c1-2-19-15(18)12-17(11-14-7-5-9-20-14)10-13-6-3-4-8-16-13/h3-4,6,8,14H,2,5,7,9-12H2,1H3. The van der Waals surface area contributed by atoms with Crippen molar-refractivity contribution in [3.63, 3.8) is 0 Å². The van der Waals surface area contributed by atoms with E-state index < -0.39 is 0 Å². The van der Waals surface area contributed by atoms with E-state index in [4.69, 9.17) is 9.47 Å². The Kier molecular flexibility index (Phi) is 5.95. The molecule has 110 valence electrons. The third kappa shape index (κ3) is 4.90. The van der Waals surface area contributed by atoms with Crippen LogP contribution in [0.1, 0.15) is 25.5 Å². The summed E-state index contributed by atoms with van der Waals surface area (Å²) in [5.74, 6) is -0.193. The summed E-state index contributed by atoms with van der Waals surface area (Å²) in [7, 11) is 0. The van der Waals surface area contributed by atoms with Crippen molar-refractivity contribution in [2.75, 3.05) is 26.3 Å². The quantitative estimate of drug-likeness (QED) is 0.709. The van der Waals surface area contributed by atoms with Gasteiger partial charge in [-0.1, -0.05) is 6.07 Å². The fourth-order valence-electron chi connectivity index (χ4n) is 2.37. The van der Waals surface area contributed by atoms with E-state index in [0.29, 0.717) is 13.2 Å². The van der Waals surface area contributed by atoms with E-state index >= 15 is 0 Å². The molecule has 0 spiro atoms. The van der Waals surface area contributed by atoms with Crippen molar-refractivity contribution < 1.29 is 14.3 Å². The molecule has 0 N–H and O–H groups in total. The lowest BCUT2D eigenvalue weighted by atomic mass is 10.2. The van der Waals surface area contributed by atoms with Crippen LogP contribution in [0.25, 0.3) is 0 Å². The molecule has 1 unspecified atom stereocenters. The maximum absolute atomic E-state index is 11.7. The Hall–Kier alpha value is -1.46. The third-order valence-corrected chi connectivity index (χ3v) is 3.26. The molecule has 1 aliphatic rings. The predicted octanol–water partition coefficient (Wildman–Crippen LogP) is 1.63. The molecule has 1 fully saturated rings. The highest BCUT2D eigenvalue weighted by Crippen LogP contribution is 2.14. The van der Waals surface area contributed by atoms with E-state index in [1.54, 1.807) is 6.20 Å². The summed E-state index contributed by atoms with van der Waals surface area (Å²) in [6.45, 7) is 4.72. The topological polar surface area (TPSA) is 51.7 Å². The Balaban J connectivity index is 1.93. The fraction of sp³-hybridized carbons (Fsp3) is 0.600. The van der Waals surface area contributed by atoms with Crippen LogP contribution in [0.2, 0.25) is 0 Å². The molecule has 2 rings (SSSR count). The second kappa shape index (κ2) is 7.97. The van der Waals surface area contributed by atoms with Gasteiger partial charge in [0.2, 0.25) is 0 Å². The summed E-state index contributed by atoms with van der Waals surface area (Å²) in [6, 6.07) is 5.81. The maximum Gasteiger partial charge on any atom is 0.320 e.